The molecule has 1 aliphatic heterocycles. The van der Waals surface area contributed by atoms with E-state index < -0.39 is 42.2 Å². The largest absolute Gasteiger partial charge is 0.383 e. The lowest BCUT2D eigenvalue weighted by Crippen LogP contribution is -2.58. The summed E-state index contributed by atoms with van der Waals surface area (Å²) in [4.78, 5) is 44.8. The molecule has 13 heteroatoms. The summed E-state index contributed by atoms with van der Waals surface area (Å²) in [5.74, 6) is -5.45. The summed E-state index contributed by atoms with van der Waals surface area (Å²) in [6.45, 7) is 3.81. The molecule has 10 nitrogen and oxygen atoms in total. The van der Waals surface area contributed by atoms with Crippen LogP contribution in [0.1, 0.15) is 70.1 Å². The third-order valence-corrected chi connectivity index (χ3v) is 7.25. The second kappa shape index (κ2) is 14.0. The van der Waals surface area contributed by atoms with Gasteiger partial charge in [0.2, 0.25) is 0 Å². The minimum absolute atomic E-state index is 0.0210. The van der Waals surface area contributed by atoms with Gasteiger partial charge in [0.25, 0.3) is 23.3 Å². The first-order valence-corrected chi connectivity index (χ1v) is 14.6. The maximum Gasteiger partial charge on any atom is 0.282 e. The topological polar surface area (TPSA) is 129 Å². The summed E-state index contributed by atoms with van der Waals surface area (Å²) in [7, 11) is 3.11. The van der Waals surface area contributed by atoms with Gasteiger partial charge in [0.15, 0.2) is 0 Å². The number of benzene rings is 1. The van der Waals surface area contributed by atoms with Crippen LogP contribution in [0.2, 0.25) is 0 Å². The maximum atomic E-state index is 15.5. The Bertz CT molecular complexity index is 1690. The van der Waals surface area contributed by atoms with Crippen molar-refractivity contribution in [1.29, 1.82) is 5.26 Å². The lowest BCUT2D eigenvalue weighted by atomic mass is 9.94. The number of nitrogens with one attached hydrogen (secondary N) is 2. The van der Waals surface area contributed by atoms with Crippen LogP contribution in [0.25, 0.3) is 11.1 Å². The van der Waals surface area contributed by atoms with Crippen molar-refractivity contribution in [1.82, 2.24) is 19.8 Å². The smallest absolute Gasteiger partial charge is 0.282 e. The summed E-state index contributed by atoms with van der Waals surface area (Å²) in [5.41, 5.74) is 0.140. The summed E-state index contributed by atoms with van der Waals surface area (Å²) in [5, 5.41) is 15.2. The van der Waals surface area contributed by atoms with Crippen molar-refractivity contribution in [2.75, 3.05) is 38.7 Å². The van der Waals surface area contributed by atoms with E-state index in [-0.39, 0.29) is 39.6 Å². The molecular formula is C32H35F3N6O4. The molecule has 45 heavy (non-hydrogen) atoms. The summed E-state index contributed by atoms with van der Waals surface area (Å²) in [6.07, 6.45) is 3.24. The molecule has 2 fully saturated rings. The number of amides is 2. The van der Waals surface area contributed by atoms with Crippen molar-refractivity contribution in [2.45, 2.75) is 45.1 Å². The molecular weight excluding hydrogens is 589 g/mol. The number of ether oxygens (including phenoxy) is 1. The van der Waals surface area contributed by atoms with E-state index in [9.17, 15) is 28.4 Å². The minimum atomic E-state index is -3.04. The number of pyridine rings is 2. The van der Waals surface area contributed by atoms with Gasteiger partial charge in [-0.1, -0.05) is 13.8 Å². The number of hydrogen-bond donors (Lipinski definition) is 2. The number of hydrogen-bond acceptors (Lipinski definition) is 7. The van der Waals surface area contributed by atoms with Crippen LogP contribution in [-0.4, -0.2) is 65.5 Å². The van der Waals surface area contributed by atoms with Gasteiger partial charge < -0.3 is 24.8 Å². The average Bonchev–Trinajstić information content (AvgIpc) is 3.85. The van der Waals surface area contributed by atoms with E-state index in [1.54, 1.807) is 25.4 Å². The predicted molar refractivity (Wildman–Crippen MR) is 162 cm³/mol. The zero-order chi connectivity index (χ0) is 32.9. The molecule has 2 aliphatic rings. The van der Waals surface area contributed by atoms with Gasteiger partial charge in [0.05, 0.1) is 36.9 Å². The SMILES string of the molecule is CC.COCCNCc1cc(C(=O)Nc2cc(-c3c(F)cc(C#N)cc3C(=O)N3CC(F)(F)C3)cc(C3CC3)n2)c(=O)n(C)c1. The van der Waals surface area contributed by atoms with Crippen LogP contribution >= 0.6 is 0 Å². The van der Waals surface area contributed by atoms with Crippen LogP contribution in [0, 0.1) is 17.1 Å². The van der Waals surface area contributed by atoms with Gasteiger partial charge in [0, 0.05) is 50.6 Å². The van der Waals surface area contributed by atoms with Crippen LogP contribution in [-0.2, 0) is 18.3 Å². The zero-order valence-electron chi connectivity index (χ0n) is 25.5. The average molecular weight is 625 g/mol. The highest BCUT2D eigenvalue weighted by Crippen LogP contribution is 2.42. The van der Waals surface area contributed by atoms with Gasteiger partial charge in [-0.25, -0.2) is 18.2 Å². The fourth-order valence-corrected chi connectivity index (χ4v) is 4.94. The van der Waals surface area contributed by atoms with Gasteiger partial charge >= 0.3 is 0 Å². The molecule has 0 bridgehead atoms. The molecule has 2 amide bonds. The van der Waals surface area contributed by atoms with Crippen molar-refractivity contribution in [3.63, 3.8) is 0 Å². The number of methoxy groups -OCH3 is 1. The minimum Gasteiger partial charge on any atom is -0.383 e. The number of rotatable bonds is 10. The van der Waals surface area contributed by atoms with E-state index in [1.807, 2.05) is 13.8 Å². The van der Waals surface area contributed by atoms with Gasteiger partial charge in [-0.15, -0.1) is 0 Å². The molecule has 1 aromatic carbocycles. The number of aryl methyl sites for hydroxylation is 1. The van der Waals surface area contributed by atoms with E-state index in [4.69, 9.17) is 4.74 Å². The highest BCUT2D eigenvalue weighted by atomic mass is 19.3. The normalized spacial score (nSPS) is 14.9. The molecule has 0 unspecified atom stereocenters. The van der Waals surface area contributed by atoms with Crippen molar-refractivity contribution >= 4 is 17.6 Å². The molecule has 3 heterocycles. The van der Waals surface area contributed by atoms with Gasteiger partial charge in [0.1, 0.15) is 17.2 Å². The number of likely N-dealkylation sites (tertiary alicyclic amines) is 1. The van der Waals surface area contributed by atoms with Crippen LogP contribution in [0.4, 0.5) is 19.0 Å². The predicted octanol–water partition coefficient (Wildman–Crippen LogP) is 4.44. The van der Waals surface area contributed by atoms with Gasteiger partial charge in [-0.3, -0.25) is 14.4 Å². The number of alkyl halides is 2. The molecule has 0 radical (unpaired) electrons. The number of nitriles is 1. The van der Waals surface area contributed by atoms with Crippen LogP contribution in [0.5, 0.6) is 0 Å². The quantitative estimate of drug-likeness (QED) is 0.319. The first kappa shape index (κ1) is 33.4. The van der Waals surface area contributed by atoms with Crippen molar-refractivity contribution in [3.05, 3.63) is 80.6 Å². The van der Waals surface area contributed by atoms with Crippen LogP contribution < -0.4 is 16.2 Å². The van der Waals surface area contributed by atoms with E-state index >= 15 is 4.39 Å². The van der Waals surface area contributed by atoms with E-state index in [0.29, 0.717) is 31.0 Å². The Hall–Kier alpha value is -4.54. The number of halogens is 3. The number of carbonyl (C=O) groups is 2. The van der Waals surface area contributed by atoms with Gasteiger partial charge in [-0.2, -0.15) is 5.26 Å². The first-order chi connectivity index (χ1) is 21.5. The molecule has 5 rings (SSSR count). The highest BCUT2D eigenvalue weighted by Gasteiger charge is 2.47. The fraction of sp³-hybridized carbons (Fsp3) is 0.406. The molecule has 2 N–H and O–H groups in total. The highest BCUT2D eigenvalue weighted by molar-refractivity contribution is 6.05. The third kappa shape index (κ3) is 7.76. The Morgan fingerprint density at radius 2 is 1.84 bits per heavy atom. The van der Waals surface area contributed by atoms with E-state index in [1.165, 1.54) is 29.8 Å². The molecule has 1 saturated carbocycles. The Morgan fingerprint density at radius 3 is 2.47 bits per heavy atom. The number of nitrogens with zero attached hydrogens (tertiary/aromatic N) is 4. The zero-order valence-corrected chi connectivity index (χ0v) is 25.5. The molecule has 1 aliphatic carbocycles. The fourth-order valence-electron chi connectivity index (χ4n) is 4.94. The lowest BCUT2D eigenvalue weighted by Gasteiger charge is -2.39. The van der Waals surface area contributed by atoms with E-state index in [0.717, 1.165) is 23.8 Å². The standard InChI is InChI=1S/C30H29F3N6O4.C2H6/c1-38-14-18(13-35-5-6-43-2)8-22(28(38)41)27(40)37-25-11-20(10-24(36-25)19-3-4-19)26-21(7-17(12-34)9-23(26)31)29(42)39-15-30(32,33)16-39;1-2/h7-11,14,19,35H,3-6,13,15-16H2,1-2H3,(H,36,37,40);1-2H3. The lowest BCUT2D eigenvalue weighted by molar-refractivity contribution is -0.113. The number of carbonyl (C=O) groups excluding carboxylic acids is 2. The molecule has 0 atom stereocenters. The number of aromatic nitrogens is 2. The van der Waals surface area contributed by atoms with Crippen molar-refractivity contribution < 1.29 is 27.5 Å². The third-order valence-electron chi connectivity index (χ3n) is 7.25. The van der Waals surface area contributed by atoms with Crippen molar-refractivity contribution in [2.24, 2.45) is 7.05 Å². The van der Waals surface area contributed by atoms with Crippen molar-refractivity contribution in [3.8, 4) is 17.2 Å². The Labute approximate surface area is 258 Å². The molecule has 1 saturated heterocycles. The summed E-state index contributed by atoms with van der Waals surface area (Å²) >= 11 is 0. The monoisotopic (exact) mass is 624 g/mol. The van der Waals surface area contributed by atoms with E-state index in [2.05, 4.69) is 15.6 Å². The maximum absolute atomic E-state index is 15.5. The molecule has 0 spiro atoms. The second-order valence-corrected chi connectivity index (χ2v) is 10.8. The molecule has 2 aromatic heterocycles. The number of anilines is 1. The van der Waals surface area contributed by atoms with Crippen LogP contribution in [0.3, 0.4) is 0 Å². The molecule has 3 aromatic rings. The van der Waals surface area contributed by atoms with Gasteiger partial charge in [-0.05, 0) is 54.3 Å². The Balaban J connectivity index is 0.00000226. The first-order valence-electron chi connectivity index (χ1n) is 14.6. The Morgan fingerprint density at radius 1 is 1.13 bits per heavy atom. The van der Waals surface area contributed by atoms with Crippen LogP contribution in [0.15, 0.2) is 41.3 Å². The second-order valence-electron chi connectivity index (χ2n) is 10.8. The molecule has 238 valence electrons. The Kier molecular flexibility index (Phi) is 10.4. The summed E-state index contributed by atoms with van der Waals surface area (Å²) < 4.78 is 48.9. The summed E-state index contributed by atoms with van der Waals surface area (Å²) in [6, 6.07) is 8.34.